The van der Waals surface area contributed by atoms with Gasteiger partial charge >= 0.3 is 0 Å². The van der Waals surface area contributed by atoms with E-state index >= 15 is 0 Å². The molecule has 2 N–H and O–H groups in total. The lowest BCUT2D eigenvalue weighted by Gasteiger charge is -2.13. The Morgan fingerprint density at radius 1 is 1.32 bits per heavy atom. The van der Waals surface area contributed by atoms with Crippen molar-refractivity contribution in [1.82, 2.24) is 9.59 Å². The molecule has 0 fully saturated rings. The van der Waals surface area contributed by atoms with Gasteiger partial charge in [0, 0.05) is 5.56 Å². The predicted molar refractivity (Wildman–Crippen MR) is 71.0 cm³/mol. The summed E-state index contributed by atoms with van der Waals surface area (Å²) >= 11 is 1.14. The maximum atomic E-state index is 13.9. The van der Waals surface area contributed by atoms with Crippen molar-refractivity contribution in [1.29, 1.82) is 0 Å². The van der Waals surface area contributed by atoms with E-state index in [9.17, 15) is 8.78 Å². The van der Waals surface area contributed by atoms with Crippen molar-refractivity contribution < 1.29 is 8.78 Å². The second kappa shape index (κ2) is 5.71. The van der Waals surface area contributed by atoms with Crippen LogP contribution >= 0.6 is 11.5 Å². The maximum Gasteiger partial charge on any atom is 0.164 e. The van der Waals surface area contributed by atoms with Gasteiger partial charge in [0.2, 0.25) is 0 Å². The molecule has 1 atom stereocenters. The van der Waals surface area contributed by atoms with E-state index in [0.717, 1.165) is 30.1 Å². The van der Waals surface area contributed by atoms with Crippen molar-refractivity contribution >= 4 is 11.5 Å². The van der Waals surface area contributed by atoms with Gasteiger partial charge in [0.25, 0.3) is 0 Å². The Labute approximate surface area is 114 Å². The summed E-state index contributed by atoms with van der Waals surface area (Å²) in [4.78, 5) is 0.698. The summed E-state index contributed by atoms with van der Waals surface area (Å²) < 4.78 is 31.4. The summed E-state index contributed by atoms with van der Waals surface area (Å²) in [6.45, 7) is 3.53. The summed E-state index contributed by atoms with van der Waals surface area (Å²) in [5, 5.41) is 3.99. The molecule has 1 unspecified atom stereocenters. The molecule has 0 saturated heterocycles. The first kappa shape index (κ1) is 14.0. The number of halogens is 2. The molecule has 3 nitrogen and oxygen atoms in total. The van der Waals surface area contributed by atoms with Crippen LogP contribution in [0.5, 0.6) is 0 Å². The highest BCUT2D eigenvalue weighted by Gasteiger charge is 2.22. The SMILES string of the molecule is CCCc1nnsc1C(N)c1ccc(C)c(F)c1F. The van der Waals surface area contributed by atoms with Crippen LogP contribution in [0.15, 0.2) is 12.1 Å². The number of nitrogens with zero attached hydrogens (tertiary/aromatic N) is 2. The fourth-order valence-electron chi connectivity index (χ4n) is 1.90. The first-order valence-corrected chi connectivity index (χ1v) is 6.84. The Hall–Kier alpha value is -1.40. The quantitative estimate of drug-likeness (QED) is 0.938. The van der Waals surface area contributed by atoms with E-state index < -0.39 is 17.7 Å². The Balaban J connectivity index is 2.41. The summed E-state index contributed by atoms with van der Waals surface area (Å²) in [6, 6.07) is 2.33. The zero-order chi connectivity index (χ0) is 14.0. The molecule has 0 aliphatic rings. The third-order valence-electron chi connectivity index (χ3n) is 2.99. The zero-order valence-electron chi connectivity index (χ0n) is 10.8. The van der Waals surface area contributed by atoms with Crippen LogP contribution in [-0.2, 0) is 6.42 Å². The standard InChI is InChI=1S/C13H15F2N3S/c1-3-4-9-13(19-18-17-9)12(16)8-6-5-7(2)10(14)11(8)15/h5-6,12H,3-4,16H2,1-2H3. The highest BCUT2D eigenvalue weighted by Crippen LogP contribution is 2.29. The third-order valence-corrected chi connectivity index (χ3v) is 3.84. The fraction of sp³-hybridized carbons (Fsp3) is 0.385. The largest absolute Gasteiger partial charge is 0.319 e. The maximum absolute atomic E-state index is 13.9. The van der Waals surface area contributed by atoms with Gasteiger partial charge in [0.15, 0.2) is 11.6 Å². The minimum absolute atomic E-state index is 0.145. The summed E-state index contributed by atoms with van der Waals surface area (Å²) in [7, 11) is 0. The Morgan fingerprint density at radius 3 is 2.74 bits per heavy atom. The molecular formula is C13H15F2N3S. The Bertz CT molecular complexity index is 583. The average Bonchev–Trinajstić information content (AvgIpc) is 2.84. The van der Waals surface area contributed by atoms with E-state index in [-0.39, 0.29) is 11.1 Å². The predicted octanol–water partition coefficient (Wildman–Crippen LogP) is 3.13. The van der Waals surface area contributed by atoms with Crippen molar-refractivity contribution in [3.63, 3.8) is 0 Å². The molecule has 0 aliphatic carbocycles. The van der Waals surface area contributed by atoms with Crippen LogP contribution in [0.3, 0.4) is 0 Å². The summed E-state index contributed by atoms with van der Waals surface area (Å²) in [5.74, 6) is -1.73. The number of rotatable bonds is 4. The number of nitrogens with two attached hydrogens (primary N) is 1. The molecule has 0 amide bonds. The van der Waals surface area contributed by atoms with Gasteiger partial charge < -0.3 is 5.73 Å². The number of hydrogen-bond acceptors (Lipinski definition) is 4. The molecule has 6 heteroatoms. The molecule has 0 bridgehead atoms. The van der Waals surface area contributed by atoms with E-state index in [1.54, 1.807) is 0 Å². The molecule has 2 aromatic rings. The lowest BCUT2D eigenvalue weighted by molar-refractivity contribution is 0.489. The highest BCUT2D eigenvalue weighted by molar-refractivity contribution is 7.05. The van der Waals surface area contributed by atoms with E-state index in [1.165, 1.54) is 19.1 Å². The fourth-order valence-corrected chi connectivity index (χ4v) is 2.62. The number of benzene rings is 1. The van der Waals surface area contributed by atoms with Gasteiger partial charge in [-0.15, -0.1) is 5.10 Å². The molecule has 2 rings (SSSR count). The van der Waals surface area contributed by atoms with Crippen molar-refractivity contribution in [3.05, 3.63) is 45.5 Å². The molecule has 102 valence electrons. The van der Waals surface area contributed by atoms with E-state index in [4.69, 9.17) is 5.73 Å². The van der Waals surface area contributed by atoms with Gasteiger partial charge in [0.05, 0.1) is 16.6 Å². The molecule has 0 saturated carbocycles. The van der Waals surface area contributed by atoms with Gasteiger partial charge in [-0.2, -0.15) is 0 Å². The monoisotopic (exact) mass is 283 g/mol. The number of aromatic nitrogens is 2. The Kier molecular flexibility index (Phi) is 4.21. The van der Waals surface area contributed by atoms with Gasteiger partial charge in [-0.25, -0.2) is 8.78 Å². The number of aryl methyl sites for hydroxylation is 2. The zero-order valence-corrected chi connectivity index (χ0v) is 11.6. The normalized spacial score (nSPS) is 12.7. The van der Waals surface area contributed by atoms with Crippen LogP contribution in [-0.4, -0.2) is 9.59 Å². The second-order valence-electron chi connectivity index (χ2n) is 4.41. The van der Waals surface area contributed by atoms with Crippen molar-refractivity contribution in [2.45, 2.75) is 32.7 Å². The molecule has 19 heavy (non-hydrogen) atoms. The topological polar surface area (TPSA) is 51.8 Å². The minimum Gasteiger partial charge on any atom is -0.319 e. The average molecular weight is 283 g/mol. The van der Waals surface area contributed by atoms with Crippen molar-refractivity contribution in [3.8, 4) is 0 Å². The Morgan fingerprint density at radius 2 is 2.05 bits per heavy atom. The number of hydrogen-bond donors (Lipinski definition) is 1. The van der Waals surface area contributed by atoms with Crippen molar-refractivity contribution in [2.24, 2.45) is 5.73 Å². The second-order valence-corrected chi connectivity index (χ2v) is 5.20. The molecular weight excluding hydrogens is 268 g/mol. The molecule has 1 aromatic heterocycles. The molecule has 0 aliphatic heterocycles. The van der Waals surface area contributed by atoms with Gasteiger partial charge in [-0.1, -0.05) is 30.0 Å². The van der Waals surface area contributed by atoms with Gasteiger partial charge in [-0.3, -0.25) is 0 Å². The third kappa shape index (κ3) is 2.64. The molecule has 1 heterocycles. The van der Waals surface area contributed by atoms with E-state index in [1.807, 2.05) is 6.92 Å². The lowest BCUT2D eigenvalue weighted by Crippen LogP contribution is -2.15. The van der Waals surface area contributed by atoms with Crippen LogP contribution in [0.4, 0.5) is 8.78 Å². The van der Waals surface area contributed by atoms with Crippen LogP contribution in [0.1, 0.15) is 41.1 Å². The first-order valence-electron chi connectivity index (χ1n) is 6.07. The van der Waals surface area contributed by atoms with Crippen LogP contribution < -0.4 is 5.73 Å². The van der Waals surface area contributed by atoms with Crippen LogP contribution in [0.25, 0.3) is 0 Å². The lowest BCUT2D eigenvalue weighted by atomic mass is 10.0. The van der Waals surface area contributed by atoms with Gasteiger partial charge in [0.1, 0.15) is 0 Å². The smallest absolute Gasteiger partial charge is 0.164 e. The van der Waals surface area contributed by atoms with Gasteiger partial charge in [-0.05, 0) is 30.4 Å². The minimum atomic E-state index is -0.886. The summed E-state index contributed by atoms with van der Waals surface area (Å²) in [5.41, 5.74) is 7.21. The molecule has 1 aromatic carbocycles. The van der Waals surface area contributed by atoms with E-state index in [2.05, 4.69) is 9.59 Å². The molecule has 0 radical (unpaired) electrons. The van der Waals surface area contributed by atoms with Crippen LogP contribution in [0.2, 0.25) is 0 Å². The van der Waals surface area contributed by atoms with E-state index in [0.29, 0.717) is 4.88 Å². The molecule has 0 spiro atoms. The van der Waals surface area contributed by atoms with Crippen molar-refractivity contribution in [2.75, 3.05) is 0 Å². The highest BCUT2D eigenvalue weighted by atomic mass is 32.1. The first-order chi connectivity index (χ1) is 9.06. The summed E-state index contributed by atoms with van der Waals surface area (Å²) in [6.07, 6.45) is 1.63. The van der Waals surface area contributed by atoms with Crippen LogP contribution in [0, 0.1) is 18.6 Å².